The van der Waals surface area contributed by atoms with Crippen LogP contribution in [0.5, 0.6) is 0 Å². The van der Waals surface area contributed by atoms with Crippen molar-refractivity contribution in [1.82, 2.24) is 9.36 Å². The van der Waals surface area contributed by atoms with Gasteiger partial charge in [0.15, 0.2) is 10.8 Å². The minimum Gasteiger partial charge on any atom is -0.461 e. The molecule has 0 spiro atoms. The molecule has 0 fully saturated rings. The molecule has 28 heavy (non-hydrogen) atoms. The van der Waals surface area contributed by atoms with Crippen molar-refractivity contribution in [3.05, 3.63) is 77.1 Å². The van der Waals surface area contributed by atoms with Gasteiger partial charge in [-0.3, -0.25) is 5.43 Å². The van der Waals surface area contributed by atoms with Crippen LogP contribution in [0.2, 0.25) is 0 Å². The lowest BCUT2D eigenvalue weighted by atomic mass is 10.2. The average molecular weight is 413 g/mol. The second-order valence-corrected chi connectivity index (χ2v) is 6.64. The van der Waals surface area contributed by atoms with E-state index in [9.17, 15) is 4.79 Å². The Morgan fingerprint density at radius 1 is 1.18 bits per heavy atom. The molecule has 0 amide bonds. The van der Waals surface area contributed by atoms with Crippen LogP contribution in [0.15, 0.2) is 65.8 Å². The van der Waals surface area contributed by atoms with Gasteiger partial charge >= 0.3 is 5.97 Å². The molecule has 0 saturated carbocycles. The van der Waals surface area contributed by atoms with Crippen LogP contribution in [0.3, 0.4) is 0 Å². The molecule has 0 radical (unpaired) electrons. The van der Waals surface area contributed by atoms with E-state index in [-0.39, 0.29) is 12.3 Å². The van der Waals surface area contributed by atoms with Crippen LogP contribution >= 0.6 is 23.1 Å². The minimum absolute atomic E-state index is 0.0404. The first-order valence-corrected chi connectivity index (χ1v) is 9.65. The van der Waals surface area contributed by atoms with E-state index in [0.717, 1.165) is 22.8 Å². The zero-order valence-corrected chi connectivity index (χ0v) is 16.6. The number of carbonyl (C=O) groups excluding carboxylic acids is 1. The first kappa shape index (κ1) is 19.7. The molecular formula is C20H17ClN4O2S. The number of aromatic nitrogens is 2. The van der Waals surface area contributed by atoms with Gasteiger partial charge in [-0.15, -0.1) is 0 Å². The Labute approximate surface area is 171 Å². The van der Waals surface area contributed by atoms with Crippen molar-refractivity contribution in [3.63, 3.8) is 0 Å². The van der Waals surface area contributed by atoms with E-state index < -0.39 is 5.97 Å². The maximum absolute atomic E-state index is 12.3. The Morgan fingerprint density at radius 2 is 1.86 bits per heavy atom. The van der Waals surface area contributed by atoms with Crippen molar-refractivity contribution in [2.75, 3.05) is 12.0 Å². The lowest BCUT2D eigenvalue weighted by Gasteiger charge is -2.04. The maximum Gasteiger partial charge on any atom is 0.361 e. The molecule has 0 aliphatic rings. The molecule has 0 atom stereocenters. The fraction of sp³-hybridized carbons (Fsp3) is 0.100. The fourth-order valence-electron chi connectivity index (χ4n) is 2.19. The smallest absolute Gasteiger partial charge is 0.361 e. The van der Waals surface area contributed by atoms with E-state index in [1.165, 1.54) is 0 Å². The van der Waals surface area contributed by atoms with Crippen LogP contribution in [-0.4, -0.2) is 27.6 Å². The van der Waals surface area contributed by atoms with Gasteiger partial charge in [0.2, 0.25) is 5.71 Å². The molecule has 0 aliphatic carbocycles. The number of rotatable bonds is 7. The summed E-state index contributed by atoms with van der Waals surface area (Å²) in [5, 5.41) is 4.86. The second kappa shape index (κ2) is 9.77. The summed E-state index contributed by atoms with van der Waals surface area (Å²) in [4.78, 5) is 16.7. The number of hydrogen-bond donors (Lipinski definition) is 1. The first-order valence-electron chi connectivity index (χ1n) is 8.50. The van der Waals surface area contributed by atoms with E-state index in [1.54, 1.807) is 13.0 Å². The first-order chi connectivity index (χ1) is 13.7. The van der Waals surface area contributed by atoms with E-state index in [4.69, 9.17) is 16.3 Å². The van der Waals surface area contributed by atoms with Crippen molar-refractivity contribution in [2.45, 2.75) is 6.92 Å². The number of hydrazone groups is 1. The fourth-order valence-corrected chi connectivity index (χ4v) is 3.11. The standard InChI is InChI=1S/C20H17ClN4O2S/c1-2-27-20(26)17(24-23-15-11-7-4-8-12-15)19-22-18(25-28-19)16(21)13-14-9-5-3-6-10-14/h3-13,23H,2H2,1H3/b16-13-,24-17+. The Morgan fingerprint density at radius 3 is 2.54 bits per heavy atom. The Bertz CT molecular complexity index is 988. The summed E-state index contributed by atoms with van der Waals surface area (Å²) in [7, 11) is 0. The Hall–Kier alpha value is -3.03. The molecule has 2 aromatic carbocycles. The zero-order valence-electron chi connectivity index (χ0n) is 15.0. The molecule has 0 aliphatic heterocycles. The minimum atomic E-state index is -0.586. The topological polar surface area (TPSA) is 76.5 Å². The van der Waals surface area contributed by atoms with E-state index >= 15 is 0 Å². The molecule has 6 nitrogen and oxygen atoms in total. The summed E-state index contributed by atoms with van der Waals surface area (Å²) in [6.07, 6.45) is 1.76. The number of nitrogens with one attached hydrogen (secondary N) is 1. The molecule has 1 N–H and O–H groups in total. The summed E-state index contributed by atoms with van der Waals surface area (Å²) < 4.78 is 9.34. The maximum atomic E-state index is 12.3. The number of carbonyl (C=O) groups is 1. The van der Waals surface area contributed by atoms with Gasteiger partial charge in [0, 0.05) is 0 Å². The van der Waals surface area contributed by atoms with Gasteiger partial charge < -0.3 is 4.74 Å². The molecule has 1 heterocycles. The molecule has 3 aromatic rings. The van der Waals surface area contributed by atoms with Crippen molar-refractivity contribution in [3.8, 4) is 0 Å². The number of esters is 1. The van der Waals surface area contributed by atoms with E-state index in [0.29, 0.717) is 15.9 Å². The molecule has 142 valence electrons. The van der Waals surface area contributed by atoms with Crippen molar-refractivity contribution in [1.29, 1.82) is 0 Å². The molecule has 0 saturated heterocycles. The van der Waals surface area contributed by atoms with Crippen molar-refractivity contribution < 1.29 is 9.53 Å². The Kier molecular flexibility index (Phi) is 6.89. The van der Waals surface area contributed by atoms with E-state index in [2.05, 4.69) is 19.9 Å². The number of benzene rings is 2. The number of ether oxygens (including phenoxy) is 1. The summed E-state index contributed by atoms with van der Waals surface area (Å²) in [6.45, 7) is 1.95. The highest BCUT2D eigenvalue weighted by molar-refractivity contribution is 7.08. The lowest BCUT2D eigenvalue weighted by Crippen LogP contribution is -2.20. The second-order valence-electron chi connectivity index (χ2n) is 5.48. The molecular weight excluding hydrogens is 396 g/mol. The largest absolute Gasteiger partial charge is 0.461 e. The number of nitrogens with zero attached hydrogens (tertiary/aromatic N) is 3. The third-order valence-corrected chi connectivity index (χ3v) is 4.47. The van der Waals surface area contributed by atoms with Crippen LogP contribution in [0.25, 0.3) is 11.1 Å². The van der Waals surface area contributed by atoms with Gasteiger partial charge in [0.05, 0.1) is 17.3 Å². The number of hydrogen-bond acceptors (Lipinski definition) is 7. The highest BCUT2D eigenvalue weighted by Crippen LogP contribution is 2.22. The SMILES string of the molecule is CCOC(=O)/C(=N/Nc1ccccc1)c1nc(/C(Cl)=C/c2ccccc2)ns1. The summed E-state index contributed by atoms with van der Waals surface area (Å²) in [5.41, 5.74) is 4.54. The highest BCUT2D eigenvalue weighted by Gasteiger charge is 2.21. The Balaban J connectivity index is 1.87. The van der Waals surface area contributed by atoms with Crippen LogP contribution in [0.1, 0.15) is 23.3 Å². The monoisotopic (exact) mass is 412 g/mol. The summed E-state index contributed by atoms with van der Waals surface area (Å²) in [5.74, 6) is -0.265. The predicted molar refractivity (Wildman–Crippen MR) is 113 cm³/mol. The quantitative estimate of drug-likeness (QED) is 0.347. The summed E-state index contributed by atoms with van der Waals surface area (Å²) in [6, 6.07) is 18.9. The van der Waals surface area contributed by atoms with Crippen LogP contribution in [0.4, 0.5) is 5.69 Å². The van der Waals surface area contributed by atoms with Crippen LogP contribution in [0, 0.1) is 0 Å². The normalized spacial score (nSPS) is 11.9. The third-order valence-electron chi connectivity index (χ3n) is 3.47. The van der Waals surface area contributed by atoms with Gasteiger partial charge in [0.1, 0.15) is 0 Å². The van der Waals surface area contributed by atoms with Gasteiger partial charge in [-0.2, -0.15) is 9.47 Å². The van der Waals surface area contributed by atoms with Gasteiger partial charge in [-0.1, -0.05) is 60.1 Å². The number of anilines is 1. The number of halogens is 1. The van der Waals surface area contributed by atoms with Crippen molar-refractivity contribution >= 4 is 51.6 Å². The van der Waals surface area contributed by atoms with E-state index in [1.807, 2.05) is 60.7 Å². The average Bonchev–Trinajstić information content (AvgIpc) is 3.20. The van der Waals surface area contributed by atoms with Gasteiger partial charge in [-0.05, 0) is 42.2 Å². The van der Waals surface area contributed by atoms with Crippen LogP contribution in [-0.2, 0) is 9.53 Å². The van der Waals surface area contributed by atoms with Crippen LogP contribution < -0.4 is 5.43 Å². The van der Waals surface area contributed by atoms with Crippen molar-refractivity contribution in [2.24, 2.45) is 5.10 Å². The molecule has 8 heteroatoms. The molecule has 3 rings (SSSR count). The number of para-hydroxylation sites is 1. The molecule has 0 bridgehead atoms. The third kappa shape index (κ3) is 5.25. The summed E-state index contributed by atoms with van der Waals surface area (Å²) >= 11 is 7.37. The zero-order chi connectivity index (χ0) is 19.8. The highest BCUT2D eigenvalue weighted by atomic mass is 35.5. The lowest BCUT2D eigenvalue weighted by molar-refractivity contribution is -0.134. The van der Waals surface area contributed by atoms with Gasteiger partial charge in [-0.25, -0.2) is 9.78 Å². The molecule has 1 aromatic heterocycles. The predicted octanol–water partition coefficient (Wildman–Crippen LogP) is 4.65. The molecule has 0 unspecified atom stereocenters. The van der Waals surface area contributed by atoms with Gasteiger partial charge in [0.25, 0.3) is 0 Å².